The Hall–Kier alpha value is -1.79. The van der Waals surface area contributed by atoms with Gasteiger partial charge in [-0.25, -0.2) is 4.98 Å². The van der Waals surface area contributed by atoms with Gasteiger partial charge in [-0.05, 0) is 49.8 Å². The van der Waals surface area contributed by atoms with Gasteiger partial charge in [-0.15, -0.1) is 22.7 Å². The molecule has 0 aliphatic heterocycles. The molecule has 0 aromatic carbocycles. The minimum absolute atomic E-state index is 0.0333. The number of fused-ring (bicyclic) bond motifs is 3. The summed E-state index contributed by atoms with van der Waals surface area (Å²) in [5.41, 5.74) is 1.09. The second kappa shape index (κ2) is 5.93. The monoisotopic (exact) mass is 358 g/mol. The number of Topliss-reactive ketones (excluding diaryl/α,β-unsaturated/α-hetero) is 1. The highest BCUT2D eigenvalue weighted by Crippen LogP contribution is 2.35. The molecule has 1 aliphatic carbocycles. The molecule has 0 spiro atoms. The normalized spacial score (nSPS) is 17.2. The topological polar surface area (TPSA) is 52.0 Å². The number of hydrogen-bond acceptors (Lipinski definition) is 5. The van der Waals surface area contributed by atoms with Gasteiger partial charge in [0.1, 0.15) is 4.83 Å². The highest BCUT2D eigenvalue weighted by Gasteiger charge is 2.23. The molecule has 0 saturated heterocycles. The van der Waals surface area contributed by atoms with Crippen molar-refractivity contribution in [2.24, 2.45) is 5.92 Å². The average Bonchev–Trinajstić information content (AvgIpc) is 3.13. The molecule has 1 atom stereocenters. The molecule has 0 bridgehead atoms. The lowest BCUT2D eigenvalue weighted by Gasteiger charge is -2.17. The van der Waals surface area contributed by atoms with Gasteiger partial charge in [0.15, 0.2) is 5.78 Å². The molecule has 4 nitrogen and oxygen atoms in total. The van der Waals surface area contributed by atoms with Crippen molar-refractivity contribution in [3.63, 3.8) is 0 Å². The molecule has 0 saturated carbocycles. The molecule has 3 aromatic heterocycles. The number of aromatic nitrogens is 2. The standard InChI is InChI=1S/C18H18N2O2S2/c1-10-3-5-12-15(7-10)24-17-16(12)18(22)20(9-19-17)8-13(21)14-6-4-11(2)23-14/h4,6,9-10H,3,5,7-8H2,1-2H3. The van der Waals surface area contributed by atoms with Crippen LogP contribution in [0.1, 0.15) is 38.3 Å². The van der Waals surface area contributed by atoms with Gasteiger partial charge in [-0.2, -0.15) is 0 Å². The molecule has 4 rings (SSSR count). The zero-order valence-electron chi connectivity index (χ0n) is 13.7. The summed E-state index contributed by atoms with van der Waals surface area (Å²) in [5, 5.41) is 0.736. The fourth-order valence-corrected chi connectivity index (χ4v) is 5.43. The van der Waals surface area contributed by atoms with E-state index in [4.69, 9.17) is 0 Å². The second-order valence-corrected chi connectivity index (χ2v) is 8.91. The van der Waals surface area contributed by atoms with E-state index in [0.29, 0.717) is 10.8 Å². The predicted molar refractivity (Wildman–Crippen MR) is 98.5 cm³/mol. The van der Waals surface area contributed by atoms with Gasteiger partial charge in [0, 0.05) is 9.75 Å². The van der Waals surface area contributed by atoms with Gasteiger partial charge in [0.05, 0.1) is 23.1 Å². The molecule has 3 heterocycles. The fraction of sp³-hybridized carbons (Fsp3) is 0.389. The lowest BCUT2D eigenvalue weighted by Crippen LogP contribution is -2.25. The van der Waals surface area contributed by atoms with E-state index in [9.17, 15) is 9.59 Å². The first kappa shape index (κ1) is 15.7. The summed E-state index contributed by atoms with van der Waals surface area (Å²) in [7, 11) is 0. The Bertz CT molecular complexity index is 996. The number of thiophene rings is 2. The van der Waals surface area contributed by atoms with Crippen molar-refractivity contribution in [3.8, 4) is 0 Å². The maximum atomic E-state index is 12.9. The maximum Gasteiger partial charge on any atom is 0.262 e. The first-order valence-electron chi connectivity index (χ1n) is 8.12. The second-order valence-electron chi connectivity index (χ2n) is 6.54. The highest BCUT2D eigenvalue weighted by molar-refractivity contribution is 7.18. The Labute approximate surface area is 147 Å². The van der Waals surface area contributed by atoms with Crippen LogP contribution in [0, 0.1) is 12.8 Å². The number of hydrogen-bond donors (Lipinski definition) is 0. The molecular formula is C18H18N2O2S2. The van der Waals surface area contributed by atoms with Gasteiger partial charge in [0.2, 0.25) is 0 Å². The van der Waals surface area contributed by atoms with Crippen molar-refractivity contribution in [1.82, 2.24) is 9.55 Å². The zero-order valence-corrected chi connectivity index (χ0v) is 15.3. The minimum atomic E-state index is -0.0753. The molecule has 24 heavy (non-hydrogen) atoms. The Morgan fingerprint density at radius 3 is 2.96 bits per heavy atom. The lowest BCUT2D eigenvalue weighted by molar-refractivity contribution is 0.0974. The van der Waals surface area contributed by atoms with E-state index in [1.807, 2.05) is 19.1 Å². The number of aryl methyl sites for hydroxylation is 2. The molecule has 124 valence electrons. The third kappa shape index (κ3) is 2.63. The molecule has 0 fully saturated rings. The summed E-state index contributed by atoms with van der Waals surface area (Å²) in [5.74, 6) is 0.630. The Kier molecular flexibility index (Phi) is 3.89. The van der Waals surface area contributed by atoms with Gasteiger partial charge in [0.25, 0.3) is 5.56 Å². The van der Waals surface area contributed by atoms with E-state index >= 15 is 0 Å². The summed E-state index contributed by atoms with van der Waals surface area (Å²) in [6, 6.07) is 3.76. The van der Waals surface area contributed by atoms with Crippen LogP contribution in [0.5, 0.6) is 0 Å². The summed E-state index contributed by atoms with van der Waals surface area (Å²) < 4.78 is 1.46. The van der Waals surface area contributed by atoms with Gasteiger partial charge < -0.3 is 0 Å². The molecule has 6 heteroatoms. The van der Waals surface area contributed by atoms with Crippen LogP contribution in [0.3, 0.4) is 0 Å². The Morgan fingerprint density at radius 1 is 1.38 bits per heavy atom. The number of rotatable bonds is 3. The van der Waals surface area contributed by atoms with Crippen LogP contribution in [0.15, 0.2) is 23.3 Å². The molecule has 0 amide bonds. The van der Waals surface area contributed by atoms with Gasteiger partial charge in [-0.1, -0.05) is 6.92 Å². The lowest BCUT2D eigenvalue weighted by atomic mass is 9.89. The van der Waals surface area contributed by atoms with Crippen molar-refractivity contribution in [2.45, 2.75) is 39.7 Å². The fourth-order valence-electron chi connectivity index (χ4n) is 3.30. The quantitative estimate of drug-likeness (QED) is 0.669. The summed E-state index contributed by atoms with van der Waals surface area (Å²) in [4.78, 5) is 33.7. The third-order valence-electron chi connectivity index (χ3n) is 4.61. The largest absolute Gasteiger partial charge is 0.291 e. The van der Waals surface area contributed by atoms with Crippen molar-refractivity contribution < 1.29 is 4.79 Å². The highest BCUT2D eigenvalue weighted by atomic mass is 32.1. The van der Waals surface area contributed by atoms with Gasteiger partial charge >= 0.3 is 0 Å². The number of ketones is 1. The molecule has 1 unspecified atom stereocenters. The van der Waals surface area contributed by atoms with Crippen molar-refractivity contribution in [1.29, 1.82) is 0 Å². The van der Waals surface area contributed by atoms with Gasteiger partial charge in [-0.3, -0.25) is 14.2 Å². The van der Waals surface area contributed by atoms with Crippen molar-refractivity contribution in [3.05, 3.63) is 49.0 Å². The first-order chi connectivity index (χ1) is 11.5. The molecule has 0 radical (unpaired) electrons. The third-order valence-corrected chi connectivity index (χ3v) is 6.82. The molecular weight excluding hydrogens is 340 g/mol. The van der Waals surface area contributed by atoms with Crippen molar-refractivity contribution >= 4 is 38.7 Å². The Morgan fingerprint density at radius 2 is 2.21 bits per heavy atom. The van der Waals surface area contributed by atoms with E-state index in [-0.39, 0.29) is 17.9 Å². The van der Waals surface area contributed by atoms with Crippen LogP contribution in [-0.2, 0) is 19.4 Å². The van der Waals surface area contributed by atoms with Crippen LogP contribution in [-0.4, -0.2) is 15.3 Å². The van der Waals surface area contributed by atoms with Crippen LogP contribution in [0.25, 0.3) is 10.2 Å². The molecule has 0 N–H and O–H groups in total. The summed E-state index contributed by atoms with van der Waals surface area (Å²) in [6.45, 7) is 4.28. The van der Waals surface area contributed by atoms with E-state index in [2.05, 4.69) is 11.9 Å². The van der Waals surface area contributed by atoms with Crippen LogP contribution in [0.4, 0.5) is 0 Å². The van der Waals surface area contributed by atoms with Crippen LogP contribution >= 0.6 is 22.7 Å². The van der Waals surface area contributed by atoms with E-state index in [1.165, 1.54) is 32.7 Å². The van der Waals surface area contributed by atoms with E-state index in [1.54, 1.807) is 11.3 Å². The zero-order chi connectivity index (χ0) is 16.8. The number of nitrogens with zero attached hydrogens (tertiary/aromatic N) is 2. The predicted octanol–water partition coefficient (Wildman–Crippen LogP) is 3.84. The van der Waals surface area contributed by atoms with Crippen LogP contribution in [0.2, 0.25) is 0 Å². The van der Waals surface area contributed by atoms with E-state index < -0.39 is 0 Å². The first-order valence-corrected chi connectivity index (χ1v) is 9.75. The number of carbonyl (C=O) groups is 1. The number of carbonyl (C=O) groups excluding carboxylic acids is 1. The smallest absolute Gasteiger partial charge is 0.262 e. The molecule has 3 aromatic rings. The summed E-state index contributed by atoms with van der Waals surface area (Å²) in [6.07, 6.45) is 4.60. The Balaban J connectivity index is 1.73. The molecule has 1 aliphatic rings. The summed E-state index contributed by atoms with van der Waals surface area (Å²) >= 11 is 3.10. The average molecular weight is 358 g/mol. The SMILES string of the molecule is Cc1ccc(C(=O)Cn2cnc3sc4c(c3c2=O)CCC(C)C4)s1. The maximum absolute atomic E-state index is 12.9. The minimum Gasteiger partial charge on any atom is -0.291 e. The van der Waals surface area contributed by atoms with Crippen molar-refractivity contribution in [2.75, 3.05) is 0 Å². The van der Waals surface area contributed by atoms with Crippen LogP contribution < -0.4 is 5.56 Å². The van der Waals surface area contributed by atoms with E-state index in [0.717, 1.165) is 34.4 Å².